The van der Waals surface area contributed by atoms with E-state index in [9.17, 15) is 4.79 Å². The van der Waals surface area contributed by atoms with Crippen molar-refractivity contribution in [2.45, 2.75) is 39.2 Å². The number of hydrogen-bond donors (Lipinski definition) is 3. The number of aryl methyl sites for hydroxylation is 1. The number of halogens is 1. The molecule has 0 aromatic heterocycles. The number of aliphatic imine (C=N–C) groups is 1. The summed E-state index contributed by atoms with van der Waals surface area (Å²) in [5.74, 6) is 1.25. The van der Waals surface area contributed by atoms with E-state index in [1.54, 1.807) is 0 Å². The Hall–Kier alpha value is -1.51. The molecule has 1 fully saturated rings. The standard InChI is InChI=1S/C20H31N5O.HI/c1-3-21-20(23-11-10-22-19(26)16-7-8-16)24-14-15-6-9-18-17(13-15)5-4-12-25(18)2;/h6,9,13,16H,3-5,7-8,10-12,14H2,1-2H3,(H,22,26)(H2,21,23,24);1H. The third kappa shape index (κ3) is 6.55. The average molecular weight is 485 g/mol. The van der Waals surface area contributed by atoms with Gasteiger partial charge in [0.1, 0.15) is 0 Å². The number of guanidine groups is 1. The van der Waals surface area contributed by atoms with Crippen molar-refractivity contribution in [1.29, 1.82) is 0 Å². The van der Waals surface area contributed by atoms with Crippen LogP contribution < -0.4 is 20.9 Å². The van der Waals surface area contributed by atoms with E-state index in [1.807, 2.05) is 0 Å². The number of nitrogens with zero attached hydrogens (tertiary/aromatic N) is 2. The van der Waals surface area contributed by atoms with Crippen LogP contribution >= 0.6 is 24.0 Å². The van der Waals surface area contributed by atoms with E-state index in [1.165, 1.54) is 23.2 Å². The first kappa shape index (κ1) is 21.8. The molecule has 1 amide bonds. The number of benzene rings is 1. The van der Waals surface area contributed by atoms with Gasteiger partial charge in [0.05, 0.1) is 6.54 Å². The third-order valence-electron chi connectivity index (χ3n) is 4.92. The lowest BCUT2D eigenvalue weighted by molar-refractivity contribution is -0.122. The Balaban J connectivity index is 0.00000261. The van der Waals surface area contributed by atoms with Crippen molar-refractivity contribution in [3.05, 3.63) is 29.3 Å². The van der Waals surface area contributed by atoms with Gasteiger partial charge in [-0.3, -0.25) is 4.79 Å². The van der Waals surface area contributed by atoms with E-state index >= 15 is 0 Å². The number of anilines is 1. The predicted octanol–water partition coefficient (Wildman–Crippen LogP) is 2.27. The zero-order valence-electron chi connectivity index (χ0n) is 16.4. The van der Waals surface area contributed by atoms with Crippen LogP contribution in [0.3, 0.4) is 0 Å². The normalized spacial score (nSPS) is 16.2. The molecule has 150 valence electrons. The summed E-state index contributed by atoms with van der Waals surface area (Å²) in [4.78, 5) is 18.6. The first-order chi connectivity index (χ1) is 12.7. The second-order valence-electron chi connectivity index (χ2n) is 7.18. The number of amides is 1. The molecule has 3 N–H and O–H groups in total. The Kier molecular flexibility index (Phi) is 8.66. The fraction of sp³-hybridized carbons (Fsp3) is 0.600. The molecule has 0 spiro atoms. The Morgan fingerprint density at radius 2 is 2.00 bits per heavy atom. The highest BCUT2D eigenvalue weighted by molar-refractivity contribution is 14.0. The molecule has 0 radical (unpaired) electrons. The van der Waals surface area contributed by atoms with Crippen molar-refractivity contribution in [2.75, 3.05) is 38.1 Å². The van der Waals surface area contributed by atoms with Gasteiger partial charge in [0.2, 0.25) is 5.91 Å². The van der Waals surface area contributed by atoms with E-state index in [0.29, 0.717) is 19.6 Å². The maximum Gasteiger partial charge on any atom is 0.223 e. The second-order valence-corrected chi connectivity index (χ2v) is 7.18. The van der Waals surface area contributed by atoms with Crippen molar-refractivity contribution < 1.29 is 4.79 Å². The maximum absolute atomic E-state index is 11.6. The van der Waals surface area contributed by atoms with Gasteiger partial charge in [-0.05, 0) is 49.8 Å². The summed E-state index contributed by atoms with van der Waals surface area (Å²) in [6, 6.07) is 6.67. The van der Waals surface area contributed by atoms with Gasteiger partial charge in [0, 0.05) is 44.8 Å². The average Bonchev–Trinajstić information content (AvgIpc) is 3.48. The SMILES string of the molecule is CCNC(=NCc1ccc2c(c1)CCCN2C)NCCNC(=O)C1CC1.I. The van der Waals surface area contributed by atoms with E-state index in [2.05, 4.69) is 58.0 Å². The van der Waals surface area contributed by atoms with Crippen LogP contribution in [0.4, 0.5) is 5.69 Å². The largest absolute Gasteiger partial charge is 0.374 e. The number of nitrogens with one attached hydrogen (secondary N) is 3. The van der Waals surface area contributed by atoms with Crippen molar-refractivity contribution in [2.24, 2.45) is 10.9 Å². The summed E-state index contributed by atoms with van der Waals surface area (Å²) in [6.45, 7) is 5.97. The minimum absolute atomic E-state index is 0. The molecule has 1 aliphatic carbocycles. The molecule has 0 atom stereocenters. The van der Waals surface area contributed by atoms with Crippen LogP contribution in [0, 0.1) is 5.92 Å². The monoisotopic (exact) mass is 485 g/mol. The summed E-state index contributed by atoms with van der Waals surface area (Å²) < 4.78 is 0. The molecular weight excluding hydrogens is 453 g/mol. The van der Waals surface area contributed by atoms with Crippen molar-refractivity contribution in [3.8, 4) is 0 Å². The van der Waals surface area contributed by atoms with Gasteiger partial charge in [-0.15, -0.1) is 24.0 Å². The van der Waals surface area contributed by atoms with E-state index in [0.717, 1.165) is 38.3 Å². The molecule has 27 heavy (non-hydrogen) atoms. The highest BCUT2D eigenvalue weighted by atomic mass is 127. The maximum atomic E-state index is 11.6. The highest BCUT2D eigenvalue weighted by Gasteiger charge is 2.28. The van der Waals surface area contributed by atoms with Gasteiger partial charge < -0.3 is 20.9 Å². The lowest BCUT2D eigenvalue weighted by Gasteiger charge is -2.27. The molecule has 3 rings (SSSR count). The quantitative estimate of drug-likeness (QED) is 0.240. The molecule has 2 aliphatic rings. The molecular formula is C20H32IN5O. The molecule has 0 saturated heterocycles. The zero-order chi connectivity index (χ0) is 18.4. The van der Waals surface area contributed by atoms with Crippen LogP contribution in [0.15, 0.2) is 23.2 Å². The first-order valence-corrected chi connectivity index (χ1v) is 9.80. The van der Waals surface area contributed by atoms with Crippen LogP contribution in [0.2, 0.25) is 0 Å². The molecule has 0 unspecified atom stereocenters. The van der Waals surface area contributed by atoms with Crippen LogP contribution in [0.5, 0.6) is 0 Å². The van der Waals surface area contributed by atoms with Gasteiger partial charge in [-0.1, -0.05) is 12.1 Å². The van der Waals surface area contributed by atoms with Gasteiger partial charge in [-0.2, -0.15) is 0 Å². The summed E-state index contributed by atoms with van der Waals surface area (Å²) in [5, 5.41) is 9.52. The molecule has 1 aromatic rings. The van der Waals surface area contributed by atoms with Crippen molar-refractivity contribution >= 4 is 41.5 Å². The Morgan fingerprint density at radius 3 is 2.74 bits per heavy atom. The summed E-state index contributed by atoms with van der Waals surface area (Å²) >= 11 is 0. The predicted molar refractivity (Wildman–Crippen MR) is 122 cm³/mol. The molecule has 1 aromatic carbocycles. The highest BCUT2D eigenvalue weighted by Crippen LogP contribution is 2.28. The number of fused-ring (bicyclic) bond motifs is 1. The molecule has 1 heterocycles. The van der Waals surface area contributed by atoms with E-state index in [-0.39, 0.29) is 35.8 Å². The van der Waals surface area contributed by atoms with E-state index < -0.39 is 0 Å². The van der Waals surface area contributed by atoms with Crippen LogP contribution in [0.1, 0.15) is 37.3 Å². The molecule has 1 saturated carbocycles. The third-order valence-corrected chi connectivity index (χ3v) is 4.92. The zero-order valence-corrected chi connectivity index (χ0v) is 18.7. The second kappa shape index (κ2) is 10.7. The summed E-state index contributed by atoms with van der Waals surface area (Å²) in [5.41, 5.74) is 4.01. The van der Waals surface area contributed by atoms with Gasteiger partial charge >= 0.3 is 0 Å². The van der Waals surface area contributed by atoms with Crippen molar-refractivity contribution in [3.63, 3.8) is 0 Å². The van der Waals surface area contributed by atoms with Gasteiger partial charge in [0.15, 0.2) is 5.96 Å². The summed E-state index contributed by atoms with van der Waals surface area (Å²) in [6.07, 6.45) is 4.45. The number of carbonyl (C=O) groups is 1. The number of hydrogen-bond acceptors (Lipinski definition) is 3. The molecule has 7 heteroatoms. The molecule has 1 aliphatic heterocycles. The van der Waals surface area contributed by atoms with Crippen LogP contribution in [-0.4, -0.2) is 45.1 Å². The van der Waals surface area contributed by atoms with Crippen molar-refractivity contribution in [1.82, 2.24) is 16.0 Å². The lowest BCUT2D eigenvalue weighted by Crippen LogP contribution is -2.41. The number of rotatable bonds is 7. The minimum Gasteiger partial charge on any atom is -0.374 e. The fourth-order valence-electron chi connectivity index (χ4n) is 3.31. The topological polar surface area (TPSA) is 68.8 Å². The molecule has 0 bridgehead atoms. The lowest BCUT2D eigenvalue weighted by atomic mass is 10.00. The minimum atomic E-state index is 0. The molecule has 6 nitrogen and oxygen atoms in total. The fourth-order valence-corrected chi connectivity index (χ4v) is 3.31. The van der Waals surface area contributed by atoms with Gasteiger partial charge in [-0.25, -0.2) is 4.99 Å². The Bertz CT molecular complexity index is 660. The smallest absolute Gasteiger partial charge is 0.223 e. The van der Waals surface area contributed by atoms with Gasteiger partial charge in [0.25, 0.3) is 0 Å². The van der Waals surface area contributed by atoms with E-state index in [4.69, 9.17) is 0 Å². The Morgan fingerprint density at radius 1 is 1.22 bits per heavy atom. The van der Waals surface area contributed by atoms with Crippen LogP contribution in [0.25, 0.3) is 0 Å². The Labute approximate surface area is 179 Å². The van der Waals surface area contributed by atoms with Crippen LogP contribution in [-0.2, 0) is 17.8 Å². The summed E-state index contributed by atoms with van der Waals surface area (Å²) in [7, 11) is 2.16. The first-order valence-electron chi connectivity index (χ1n) is 9.80. The number of carbonyl (C=O) groups excluding carboxylic acids is 1.